The molecule has 0 bridgehead atoms. The van der Waals surface area contributed by atoms with E-state index in [1.54, 1.807) is 6.66 Å². The molecule has 0 aromatic rings. The molecule has 0 rings (SSSR count). The second-order valence-electron chi connectivity index (χ2n) is 2.54. The summed E-state index contributed by atoms with van der Waals surface area (Å²) in [6.07, 6.45) is 0. The predicted octanol–water partition coefficient (Wildman–Crippen LogP) is 4.19. The summed E-state index contributed by atoms with van der Waals surface area (Å²) in [6, 6.07) is 0. The van der Waals surface area contributed by atoms with E-state index >= 15 is 0 Å². The third-order valence-electron chi connectivity index (χ3n) is 1.32. The third-order valence-corrected chi connectivity index (χ3v) is 9.99. The molecule has 0 aliphatic rings. The lowest BCUT2D eigenvalue weighted by molar-refractivity contribution is 0.324. The molecule has 0 aliphatic heterocycles. The van der Waals surface area contributed by atoms with E-state index in [2.05, 4.69) is 63.7 Å². The highest BCUT2D eigenvalue weighted by Gasteiger charge is 2.26. The molecule has 2 nitrogen and oxygen atoms in total. The Labute approximate surface area is 113 Å². The van der Waals surface area contributed by atoms with Crippen LogP contribution in [0.2, 0.25) is 0 Å². The molecule has 0 spiro atoms. The van der Waals surface area contributed by atoms with Gasteiger partial charge in [-0.3, -0.25) is 4.57 Å². The summed E-state index contributed by atoms with van der Waals surface area (Å²) >= 11 is 13.2. The van der Waals surface area contributed by atoms with E-state index in [1.807, 2.05) is 0 Å². The molecule has 0 radical (unpaired) electrons. The number of hydrogen-bond acceptors (Lipinski definition) is 2. The lowest BCUT2D eigenvalue weighted by Crippen LogP contribution is -2.12. The Morgan fingerprint density at radius 2 is 1.85 bits per heavy atom. The molecular weight excluding hydrogens is 455 g/mol. The van der Waals surface area contributed by atoms with E-state index in [9.17, 15) is 4.57 Å². The maximum atomic E-state index is 11.8. The molecule has 0 aliphatic carbocycles. The van der Waals surface area contributed by atoms with E-state index in [-0.39, 0.29) is 9.40 Å². The zero-order chi connectivity index (χ0) is 10.5. The van der Waals surface area contributed by atoms with Crippen LogP contribution in [0, 0.1) is 0 Å². The van der Waals surface area contributed by atoms with E-state index in [1.165, 1.54) is 0 Å². The Morgan fingerprint density at radius 1 is 1.31 bits per heavy atom. The fourth-order valence-corrected chi connectivity index (χ4v) is 3.82. The first kappa shape index (κ1) is 15.1. The Morgan fingerprint density at radius 3 is 2.23 bits per heavy atom. The molecule has 0 N–H and O–H groups in total. The van der Waals surface area contributed by atoms with Gasteiger partial charge in [0.05, 0.1) is 6.61 Å². The van der Waals surface area contributed by atoms with Crippen LogP contribution in [0.4, 0.5) is 0 Å². The molecule has 0 fully saturated rings. The van der Waals surface area contributed by atoms with Gasteiger partial charge in [0.1, 0.15) is 4.57 Å². The third kappa shape index (κ3) is 6.31. The largest absolute Gasteiger partial charge is 0.327 e. The number of alkyl halides is 4. The van der Waals surface area contributed by atoms with Crippen molar-refractivity contribution < 1.29 is 9.09 Å². The van der Waals surface area contributed by atoms with Gasteiger partial charge >= 0.3 is 0 Å². The van der Waals surface area contributed by atoms with Gasteiger partial charge in [-0.2, -0.15) is 0 Å². The topological polar surface area (TPSA) is 26.3 Å². The second kappa shape index (κ2) is 7.39. The highest BCUT2D eigenvalue weighted by Crippen LogP contribution is 2.51. The standard InChI is InChI=1S/C6H11Br4O2P/c1-13(11,6(10)3-8)12-4-5(9)2-7/h5-6H,2-4H2,1H3. The fraction of sp³-hybridized carbons (Fsp3) is 1.00. The molecule has 3 unspecified atom stereocenters. The first-order valence-electron chi connectivity index (χ1n) is 3.55. The van der Waals surface area contributed by atoms with Gasteiger partial charge in [0.2, 0.25) is 7.37 Å². The SMILES string of the molecule is CP(=O)(OCC(Br)CBr)C(Br)CBr. The van der Waals surface area contributed by atoms with Crippen molar-refractivity contribution in [3.63, 3.8) is 0 Å². The van der Waals surface area contributed by atoms with Crippen LogP contribution >= 0.6 is 71.1 Å². The van der Waals surface area contributed by atoms with Gasteiger partial charge in [-0.25, -0.2) is 0 Å². The first-order chi connectivity index (χ1) is 5.94. The number of rotatable bonds is 6. The van der Waals surface area contributed by atoms with Crippen LogP contribution in [0.15, 0.2) is 0 Å². The molecule has 0 aromatic carbocycles. The summed E-state index contributed by atoms with van der Waals surface area (Å²) in [5.74, 6) is 0. The monoisotopic (exact) mass is 462 g/mol. The predicted molar refractivity (Wildman–Crippen MR) is 72.5 cm³/mol. The maximum absolute atomic E-state index is 11.8. The zero-order valence-electron chi connectivity index (χ0n) is 7.05. The molecule has 0 saturated heterocycles. The summed E-state index contributed by atoms with van der Waals surface area (Å²) in [6.45, 7) is 2.09. The molecule has 80 valence electrons. The van der Waals surface area contributed by atoms with Crippen molar-refractivity contribution in [3.05, 3.63) is 0 Å². The van der Waals surface area contributed by atoms with Crippen LogP contribution in [-0.4, -0.2) is 33.3 Å². The van der Waals surface area contributed by atoms with Gasteiger partial charge in [0, 0.05) is 22.2 Å². The molecule has 0 heterocycles. The molecule has 0 aromatic heterocycles. The normalized spacial score (nSPS) is 20.7. The Kier molecular flexibility index (Phi) is 8.59. The van der Waals surface area contributed by atoms with Crippen molar-refractivity contribution in [2.45, 2.75) is 9.40 Å². The number of halogens is 4. The van der Waals surface area contributed by atoms with E-state index in [4.69, 9.17) is 4.52 Å². The van der Waals surface area contributed by atoms with Gasteiger partial charge in [-0.05, 0) is 0 Å². The van der Waals surface area contributed by atoms with Crippen molar-refractivity contribution in [1.82, 2.24) is 0 Å². The Bertz CT molecular complexity index is 189. The lowest BCUT2D eigenvalue weighted by Gasteiger charge is -2.18. The van der Waals surface area contributed by atoms with Gasteiger partial charge < -0.3 is 4.52 Å². The van der Waals surface area contributed by atoms with Crippen molar-refractivity contribution in [3.8, 4) is 0 Å². The maximum Gasteiger partial charge on any atom is 0.214 e. The lowest BCUT2D eigenvalue weighted by atomic mass is 10.5. The second-order valence-corrected chi connectivity index (χ2v) is 9.65. The van der Waals surface area contributed by atoms with E-state index < -0.39 is 7.37 Å². The summed E-state index contributed by atoms with van der Waals surface area (Å²) in [4.78, 5) is 0.204. The summed E-state index contributed by atoms with van der Waals surface area (Å²) in [5.41, 5.74) is 0. The smallest absolute Gasteiger partial charge is 0.214 e. The highest BCUT2D eigenvalue weighted by molar-refractivity contribution is 9.13. The minimum atomic E-state index is -2.53. The Balaban J connectivity index is 3.96. The van der Waals surface area contributed by atoms with Crippen molar-refractivity contribution in [2.75, 3.05) is 23.9 Å². The van der Waals surface area contributed by atoms with Crippen LogP contribution < -0.4 is 0 Å². The first-order valence-corrected chi connectivity index (χ1v) is 9.77. The molecule has 3 atom stereocenters. The summed E-state index contributed by atoms with van der Waals surface area (Å²) in [5, 5.41) is 1.41. The zero-order valence-corrected chi connectivity index (χ0v) is 14.3. The minimum absolute atomic E-state index is 0.116. The van der Waals surface area contributed by atoms with Crippen LogP contribution in [0.25, 0.3) is 0 Å². The molecule has 0 amide bonds. The number of hydrogen-bond donors (Lipinski definition) is 0. The average Bonchev–Trinajstić information content (AvgIpc) is 2.12. The van der Waals surface area contributed by atoms with Gasteiger partial charge in [-0.1, -0.05) is 63.7 Å². The molecular formula is C6H11Br4O2P. The molecule has 13 heavy (non-hydrogen) atoms. The van der Waals surface area contributed by atoms with Crippen molar-refractivity contribution in [1.29, 1.82) is 0 Å². The van der Waals surface area contributed by atoms with E-state index in [0.717, 1.165) is 5.33 Å². The minimum Gasteiger partial charge on any atom is -0.327 e. The molecule has 7 heteroatoms. The van der Waals surface area contributed by atoms with Gasteiger partial charge in [0.25, 0.3) is 0 Å². The quantitative estimate of drug-likeness (QED) is 0.434. The van der Waals surface area contributed by atoms with Crippen LogP contribution in [0.5, 0.6) is 0 Å². The fourth-order valence-electron chi connectivity index (χ4n) is 0.480. The average molecular weight is 466 g/mol. The molecule has 0 saturated carbocycles. The van der Waals surface area contributed by atoms with Gasteiger partial charge in [-0.15, -0.1) is 0 Å². The summed E-state index contributed by atoms with van der Waals surface area (Å²) in [7, 11) is -2.53. The van der Waals surface area contributed by atoms with Crippen LogP contribution in [0.1, 0.15) is 0 Å². The highest BCUT2D eigenvalue weighted by atomic mass is 79.9. The van der Waals surface area contributed by atoms with Crippen LogP contribution in [-0.2, 0) is 9.09 Å². The summed E-state index contributed by atoms with van der Waals surface area (Å²) < 4.78 is 17.1. The van der Waals surface area contributed by atoms with E-state index in [0.29, 0.717) is 11.9 Å². The Hall–Kier alpha value is 2.11. The van der Waals surface area contributed by atoms with Crippen LogP contribution in [0.3, 0.4) is 0 Å². The van der Waals surface area contributed by atoms with Crippen molar-refractivity contribution >= 4 is 71.1 Å². The van der Waals surface area contributed by atoms with Crippen molar-refractivity contribution in [2.24, 2.45) is 0 Å². The van der Waals surface area contributed by atoms with Gasteiger partial charge in [0.15, 0.2) is 0 Å².